The largest absolute Gasteiger partial charge is 0.355 e. The molecular formula is C22H26Cl2N2O2. The molecule has 0 unspecified atom stereocenters. The van der Waals surface area contributed by atoms with Crippen LogP contribution in [0.15, 0.2) is 42.5 Å². The molecule has 2 aromatic carbocycles. The Morgan fingerprint density at radius 1 is 1.11 bits per heavy atom. The van der Waals surface area contributed by atoms with E-state index in [9.17, 15) is 9.59 Å². The first kappa shape index (κ1) is 22.3. The van der Waals surface area contributed by atoms with Gasteiger partial charge in [-0.15, -0.1) is 0 Å². The third kappa shape index (κ3) is 6.25. The van der Waals surface area contributed by atoms with Crippen molar-refractivity contribution in [3.8, 4) is 0 Å². The van der Waals surface area contributed by atoms with E-state index < -0.39 is 6.04 Å². The molecule has 2 rings (SSSR count). The molecule has 1 N–H and O–H groups in total. The van der Waals surface area contributed by atoms with Gasteiger partial charge in [-0.3, -0.25) is 9.59 Å². The van der Waals surface area contributed by atoms with Crippen molar-refractivity contribution in [2.45, 2.75) is 46.2 Å². The van der Waals surface area contributed by atoms with Gasteiger partial charge in [-0.05, 0) is 50.5 Å². The van der Waals surface area contributed by atoms with Gasteiger partial charge in [0.15, 0.2) is 0 Å². The van der Waals surface area contributed by atoms with Crippen LogP contribution in [0.3, 0.4) is 0 Å². The highest BCUT2D eigenvalue weighted by molar-refractivity contribution is 6.35. The molecule has 0 spiro atoms. The highest BCUT2D eigenvalue weighted by Crippen LogP contribution is 2.23. The Kier molecular flexibility index (Phi) is 8.34. The monoisotopic (exact) mass is 420 g/mol. The normalized spacial score (nSPS) is 11.8. The van der Waals surface area contributed by atoms with Gasteiger partial charge in [-0.1, -0.05) is 59.1 Å². The Balaban J connectivity index is 2.17. The molecule has 1 atom stereocenters. The molecule has 150 valence electrons. The molecule has 0 radical (unpaired) electrons. The number of carbonyl (C=O) groups is 2. The molecule has 2 aromatic rings. The van der Waals surface area contributed by atoms with Crippen molar-refractivity contribution in [3.05, 3.63) is 69.2 Å². The molecule has 0 saturated carbocycles. The molecular weight excluding hydrogens is 395 g/mol. The molecule has 0 aliphatic rings. The summed E-state index contributed by atoms with van der Waals surface area (Å²) in [5.41, 5.74) is 3.03. The maximum absolute atomic E-state index is 13.0. The summed E-state index contributed by atoms with van der Waals surface area (Å²) >= 11 is 12.3. The van der Waals surface area contributed by atoms with E-state index in [2.05, 4.69) is 5.32 Å². The van der Waals surface area contributed by atoms with Gasteiger partial charge in [0.25, 0.3) is 0 Å². The minimum absolute atomic E-state index is 0.0923. The van der Waals surface area contributed by atoms with Crippen molar-refractivity contribution in [1.82, 2.24) is 10.2 Å². The second-order valence-corrected chi connectivity index (χ2v) is 7.66. The zero-order chi connectivity index (χ0) is 20.7. The van der Waals surface area contributed by atoms with Crippen LogP contribution >= 0.6 is 23.2 Å². The Labute approximate surface area is 176 Å². The van der Waals surface area contributed by atoms with Crippen molar-refractivity contribution in [1.29, 1.82) is 0 Å². The standard InChI is InChI=1S/C22H26Cl2N2O2/c1-4-25-22(28)16(3)26(14-18-10-11-19(23)13-20(18)24)21(27)12-9-17-7-5-15(2)6-8-17/h5-8,10-11,13,16H,4,9,12,14H2,1-3H3,(H,25,28)/t16-/m0/s1. The van der Waals surface area contributed by atoms with Crippen LogP contribution in [0.25, 0.3) is 0 Å². The van der Waals surface area contributed by atoms with E-state index in [1.165, 1.54) is 5.56 Å². The topological polar surface area (TPSA) is 49.4 Å². The molecule has 0 fully saturated rings. The van der Waals surface area contributed by atoms with E-state index >= 15 is 0 Å². The number of nitrogens with one attached hydrogen (secondary N) is 1. The van der Waals surface area contributed by atoms with Crippen LogP contribution in [0.5, 0.6) is 0 Å². The summed E-state index contributed by atoms with van der Waals surface area (Å²) in [5, 5.41) is 3.79. The maximum atomic E-state index is 13.0. The van der Waals surface area contributed by atoms with E-state index in [0.29, 0.717) is 29.4 Å². The fourth-order valence-electron chi connectivity index (χ4n) is 2.89. The Bertz CT molecular complexity index is 822. The lowest BCUT2D eigenvalue weighted by atomic mass is 10.1. The summed E-state index contributed by atoms with van der Waals surface area (Å²) in [6, 6.07) is 12.7. The van der Waals surface area contributed by atoms with Crippen molar-refractivity contribution in [2.75, 3.05) is 6.54 Å². The number of amides is 2. The van der Waals surface area contributed by atoms with E-state index in [1.54, 1.807) is 30.0 Å². The predicted molar refractivity (Wildman–Crippen MR) is 115 cm³/mol. The average molecular weight is 421 g/mol. The molecule has 0 saturated heterocycles. The lowest BCUT2D eigenvalue weighted by Crippen LogP contribution is -2.47. The quantitative estimate of drug-likeness (QED) is 0.667. The molecule has 0 aliphatic carbocycles. The van der Waals surface area contributed by atoms with E-state index in [1.807, 2.05) is 38.1 Å². The minimum Gasteiger partial charge on any atom is -0.355 e. The molecule has 28 heavy (non-hydrogen) atoms. The van der Waals surface area contributed by atoms with Gasteiger partial charge in [0.05, 0.1) is 0 Å². The zero-order valence-corrected chi connectivity index (χ0v) is 18.0. The summed E-state index contributed by atoms with van der Waals surface area (Å²) < 4.78 is 0. The number of hydrogen-bond donors (Lipinski definition) is 1. The van der Waals surface area contributed by atoms with Gasteiger partial charge in [-0.2, -0.15) is 0 Å². The number of carbonyl (C=O) groups excluding carboxylic acids is 2. The van der Waals surface area contributed by atoms with Crippen molar-refractivity contribution >= 4 is 35.0 Å². The van der Waals surface area contributed by atoms with Crippen LogP contribution in [0, 0.1) is 6.92 Å². The molecule has 0 bridgehead atoms. The predicted octanol–water partition coefficient (Wildman–Crippen LogP) is 4.79. The first-order chi connectivity index (χ1) is 13.3. The van der Waals surface area contributed by atoms with Gasteiger partial charge in [0.2, 0.25) is 11.8 Å². The van der Waals surface area contributed by atoms with Gasteiger partial charge in [0, 0.05) is 29.6 Å². The Morgan fingerprint density at radius 2 is 1.79 bits per heavy atom. The van der Waals surface area contributed by atoms with Gasteiger partial charge >= 0.3 is 0 Å². The summed E-state index contributed by atoms with van der Waals surface area (Å²) in [5.74, 6) is -0.276. The lowest BCUT2D eigenvalue weighted by molar-refractivity contribution is -0.140. The second kappa shape index (κ2) is 10.5. The van der Waals surface area contributed by atoms with E-state index in [-0.39, 0.29) is 18.4 Å². The SMILES string of the molecule is CCNC(=O)[C@H](C)N(Cc1ccc(Cl)cc1Cl)C(=O)CCc1ccc(C)cc1. The second-order valence-electron chi connectivity index (χ2n) is 6.81. The van der Waals surface area contributed by atoms with Crippen LogP contribution < -0.4 is 5.32 Å². The smallest absolute Gasteiger partial charge is 0.242 e. The third-order valence-electron chi connectivity index (χ3n) is 4.62. The first-order valence-electron chi connectivity index (χ1n) is 9.38. The molecule has 0 aromatic heterocycles. The molecule has 6 heteroatoms. The van der Waals surface area contributed by atoms with Crippen molar-refractivity contribution in [3.63, 3.8) is 0 Å². The number of rotatable bonds is 8. The van der Waals surface area contributed by atoms with E-state index in [0.717, 1.165) is 11.1 Å². The molecule has 2 amide bonds. The number of hydrogen-bond acceptors (Lipinski definition) is 2. The summed E-state index contributed by atoms with van der Waals surface area (Å²) in [4.78, 5) is 26.9. The summed E-state index contributed by atoms with van der Waals surface area (Å²) in [7, 11) is 0. The Hall–Kier alpha value is -2.04. The lowest BCUT2D eigenvalue weighted by Gasteiger charge is -2.29. The van der Waals surface area contributed by atoms with Crippen LogP contribution in [-0.4, -0.2) is 29.3 Å². The molecule has 0 aliphatic heterocycles. The number of aryl methyl sites for hydroxylation is 2. The summed E-state index contributed by atoms with van der Waals surface area (Å²) in [6.45, 7) is 6.38. The van der Waals surface area contributed by atoms with Crippen LogP contribution in [-0.2, 0) is 22.6 Å². The summed E-state index contributed by atoms with van der Waals surface area (Å²) in [6.07, 6.45) is 0.935. The first-order valence-corrected chi connectivity index (χ1v) is 10.1. The van der Waals surface area contributed by atoms with Crippen LogP contribution in [0.1, 0.15) is 37.0 Å². The third-order valence-corrected chi connectivity index (χ3v) is 5.21. The maximum Gasteiger partial charge on any atom is 0.242 e. The molecule has 4 nitrogen and oxygen atoms in total. The van der Waals surface area contributed by atoms with Crippen LogP contribution in [0.2, 0.25) is 10.0 Å². The fraction of sp³-hybridized carbons (Fsp3) is 0.364. The van der Waals surface area contributed by atoms with Crippen LogP contribution in [0.4, 0.5) is 0 Å². The number of benzene rings is 2. The Morgan fingerprint density at radius 3 is 2.39 bits per heavy atom. The number of halogens is 2. The van der Waals surface area contributed by atoms with Crippen molar-refractivity contribution in [2.24, 2.45) is 0 Å². The highest BCUT2D eigenvalue weighted by Gasteiger charge is 2.26. The number of nitrogens with zero attached hydrogens (tertiary/aromatic N) is 1. The fourth-order valence-corrected chi connectivity index (χ4v) is 3.36. The zero-order valence-electron chi connectivity index (χ0n) is 16.5. The van der Waals surface area contributed by atoms with Crippen molar-refractivity contribution < 1.29 is 9.59 Å². The van der Waals surface area contributed by atoms with Gasteiger partial charge in [0.1, 0.15) is 6.04 Å². The van der Waals surface area contributed by atoms with E-state index in [4.69, 9.17) is 23.2 Å². The average Bonchev–Trinajstić information content (AvgIpc) is 2.66. The van der Waals surface area contributed by atoms with Gasteiger partial charge < -0.3 is 10.2 Å². The minimum atomic E-state index is -0.600. The molecule has 0 heterocycles. The number of likely N-dealkylation sites (N-methyl/N-ethyl adjacent to an activating group) is 1. The van der Waals surface area contributed by atoms with Gasteiger partial charge in [-0.25, -0.2) is 0 Å². The highest BCUT2D eigenvalue weighted by atomic mass is 35.5.